The van der Waals surface area contributed by atoms with Crippen LogP contribution in [-0.2, 0) is 19.1 Å². The van der Waals surface area contributed by atoms with E-state index in [9.17, 15) is 19.5 Å². The van der Waals surface area contributed by atoms with Gasteiger partial charge in [-0.05, 0) is 50.7 Å². The molecule has 3 unspecified atom stereocenters. The van der Waals surface area contributed by atoms with Crippen LogP contribution in [0.2, 0.25) is 5.02 Å². The molecule has 0 aliphatic carbocycles. The molecule has 2 bridgehead atoms. The fourth-order valence-corrected chi connectivity index (χ4v) is 7.41. The Hall–Kier alpha value is -2.68. The first-order valence-corrected chi connectivity index (χ1v) is 14.0. The van der Waals surface area contributed by atoms with Crippen LogP contribution in [-0.4, -0.2) is 83.2 Å². The molecule has 1 aromatic rings. The molecule has 9 heteroatoms. The van der Waals surface area contributed by atoms with Gasteiger partial charge in [0.25, 0.3) is 5.91 Å². The highest BCUT2D eigenvalue weighted by molar-refractivity contribution is 6.34. The molecule has 3 saturated heterocycles. The van der Waals surface area contributed by atoms with Crippen LogP contribution >= 0.6 is 11.6 Å². The Balaban J connectivity index is 1.85. The Morgan fingerprint density at radius 1 is 1.23 bits per heavy atom. The highest BCUT2D eigenvalue weighted by atomic mass is 35.5. The topological polar surface area (TPSA) is 90.4 Å². The van der Waals surface area contributed by atoms with E-state index in [0.717, 1.165) is 5.56 Å². The maximum Gasteiger partial charge on any atom is 0.253 e. The van der Waals surface area contributed by atoms with E-state index in [4.69, 9.17) is 16.3 Å². The number of carbonyl (C=O) groups is 3. The Kier molecular flexibility index (Phi) is 8.31. The molecule has 4 rings (SSSR count). The fraction of sp³-hybridized carbons (Fsp3) is 0.567. The third-order valence-electron chi connectivity index (χ3n) is 8.94. The van der Waals surface area contributed by atoms with Gasteiger partial charge in [0.2, 0.25) is 11.8 Å². The van der Waals surface area contributed by atoms with Crippen molar-refractivity contribution in [1.82, 2.24) is 9.80 Å². The molecule has 39 heavy (non-hydrogen) atoms. The van der Waals surface area contributed by atoms with Crippen molar-refractivity contribution in [2.45, 2.75) is 57.3 Å². The molecule has 3 fully saturated rings. The number of hydrogen-bond acceptors (Lipinski definition) is 5. The highest BCUT2D eigenvalue weighted by Crippen LogP contribution is 2.65. The van der Waals surface area contributed by atoms with Crippen LogP contribution in [0.3, 0.4) is 0 Å². The van der Waals surface area contributed by atoms with Crippen LogP contribution in [0.5, 0.6) is 0 Å². The van der Waals surface area contributed by atoms with E-state index >= 15 is 0 Å². The lowest BCUT2D eigenvalue weighted by Gasteiger charge is -2.38. The van der Waals surface area contributed by atoms with Crippen molar-refractivity contribution in [3.63, 3.8) is 0 Å². The minimum Gasteiger partial charge on any atom is -0.396 e. The quantitative estimate of drug-likeness (QED) is 0.332. The lowest BCUT2D eigenvalue weighted by Crippen LogP contribution is -2.57. The Morgan fingerprint density at radius 3 is 2.54 bits per heavy atom. The summed E-state index contributed by atoms with van der Waals surface area (Å²) in [4.78, 5) is 47.5. The average molecular weight is 558 g/mol. The van der Waals surface area contributed by atoms with Crippen LogP contribution in [0.4, 0.5) is 5.69 Å². The number of aliphatic hydroxyl groups excluding tert-OH is 1. The van der Waals surface area contributed by atoms with Gasteiger partial charge in [0.1, 0.15) is 11.6 Å². The first-order valence-electron chi connectivity index (χ1n) is 13.6. The number of likely N-dealkylation sites (N-methyl/N-ethyl adjacent to an activating group) is 1. The van der Waals surface area contributed by atoms with Crippen molar-refractivity contribution >= 4 is 35.0 Å². The number of benzene rings is 1. The first-order chi connectivity index (χ1) is 18.5. The van der Waals surface area contributed by atoms with E-state index in [0.29, 0.717) is 36.5 Å². The molecule has 8 nitrogen and oxygen atoms in total. The van der Waals surface area contributed by atoms with Crippen molar-refractivity contribution in [2.24, 2.45) is 17.8 Å². The van der Waals surface area contributed by atoms with Crippen LogP contribution in [0, 0.1) is 24.7 Å². The zero-order chi connectivity index (χ0) is 28.7. The van der Waals surface area contributed by atoms with Gasteiger partial charge < -0.3 is 24.5 Å². The van der Waals surface area contributed by atoms with Crippen molar-refractivity contribution < 1.29 is 24.2 Å². The van der Waals surface area contributed by atoms with Crippen LogP contribution in [0.15, 0.2) is 43.5 Å². The maximum absolute atomic E-state index is 14.7. The number of fused-ring (bicyclic) bond motifs is 1. The minimum atomic E-state index is -1.16. The number of para-hydroxylation sites is 1. The molecule has 3 heterocycles. The lowest BCUT2D eigenvalue weighted by molar-refractivity contribution is -0.150. The number of carbonyl (C=O) groups excluding carboxylic acids is 3. The second-order valence-electron chi connectivity index (χ2n) is 11.3. The highest BCUT2D eigenvalue weighted by Gasteiger charge is 2.80. The Bertz CT molecular complexity index is 1150. The van der Waals surface area contributed by atoms with Crippen LogP contribution in [0.1, 0.15) is 38.7 Å². The van der Waals surface area contributed by atoms with E-state index in [2.05, 4.69) is 13.2 Å². The minimum absolute atomic E-state index is 0.0182. The van der Waals surface area contributed by atoms with Crippen molar-refractivity contribution in [2.75, 3.05) is 38.2 Å². The number of likely N-dealkylation sites (tertiary alicyclic amines) is 1. The van der Waals surface area contributed by atoms with Gasteiger partial charge in [0, 0.05) is 33.3 Å². The maximum atomic E-state index is 14.7. The molecular formula is C30H40ClN3O5. The number of amides is 3. The molecule has 0 saturated carbocycles. The predicted octanol–water partition coefficient (Wildman–Crippen LogP) is 3.60. The molecule has 0 aromatic heterocycles. The third kappa shape index (κ3) is 4.50. The fourth-order valence-electron chi connectivity index (χ4n) is 7.08. The molecule has 3 aliphatic heterocycles. The van der Waals surface area contributed by atoms with Gasteiger partial charge in [-0.3, -0.25) is 14.4 Å². The van der Waals surface area contributed by atoms with Crippen molar-refractivity contribution in [3.05, 3.63) is 54.1 Å². The number of ether oxygens (including phenoxy) is 1. The van der Waals surface area contributed by atoms with Gasteiger partial charge >= 0.3 is 0 Å². The second-order valence-corrected chi connectivity index (χ2v) is 11.7. The van der Waals surface area contributed by atoms with Gasteiger partial charge in [-0.1, -0.05) is 42.8 Å². The third-order valence-corrected chi connectivity index (χ3v) is 9.24. The molecular weight excluding hydrogens is 518 g/mol. The second kappa shape index (κ2) is 11.1. The molecule has 212 valence electrons. The lowest BCUT2D eigenvalue weighted by atomic mass is 9.62. The number of nitrogens with zero attached hydrogens (tertiary/aromatic N) is 3. The summed E-state index contributed by atoms with van der Waals surface area (Å²) in [5, 5.41) is 9.84. The van der Waals surface area contributed by atoms with Crippen LogP contribution in [0.25, 0.3) is 0 Å². The van der Waals surface area contributed by atoms with E-state index in [-0.39, 0.29) is 43.3 Å². The smallest absolute Gasteiger partial charge is 0.253 e. The molecule has 6 atom stereocenters. The normalized spacial score (nSPS) is 30.8. The molecule has 1 aromatic carbocycles. The zero-order valence-electron chi connectivity index (χ0n) is 23.4. The number of aryl methyl sites for hydroxylation is 1. The van der Waals surface area contributed by atoms with Gasteiger partial charge in [0.05, 0.1) is 28.1 Å². The van der Waals surface area contributed by atoms with Gasteiger partial charge in [-0.25, -0.2) is 0 Å². The summed E-state index contributed by atoms with van der Waals surface area (Å²) in [5.41, 5.74) is -0.673. The summed E-state index contributed by atoms with van der Waals surface area (Å²) in [6, 6.07) is 4.50. The summed E-state index contributed by atoms with van der Waals surface area (Å²) in [7, 11) is 1.70. The van der Waals surface area contributed by atoms with E-state index in [1.165, 1.54) is 0 Å². The van der Waals surface area contributed by atoms with Gasteiger partial charge in [-0.15, -0.1) is 13.2 Å². The standard InChI is InChI=1S/C30H40ClN3O5/c1-7-14-32(6)26(36)22-23-27(37)34(16-9-10-17-35)25(30(23)18-20(4)29(22,5)39-30)28(38)33(15-8-2)24-19(3)12-11-13-21(24)31/h7-8,11-13,20,22-23,25,35H,1-2,9-10,14-18H2,3-6H3/t20?,22-,23-,25?,29+,30?/m0/s1. The molecule has 1 N–H and O–H groups in total. The van der Waals surface area contributed by atoms with E-state index in [1.54, 1.807) is 40.0 Å². The summed E-state index contributed by atoms with van der Waals surface area (Å²) in [5.74, 6) is -2.32. The summed E-state index contributed by atoms with van der Waals surface area (Å²) in [6.45, 7) is 14.2. The Labute approximate surface area is 236 Å². The van der Waals surface area contributed by atoms with Gasteiger partial charge in [0.15, 0.2) is 0 Å². The molecule has 0 radical (unpaired) electrons. The van der Waals surface area contributed by atoms with Crippen molar-refractivity contribution in [1.29, 1.82) is 0 Å². The average Bonchev–Trinajstić information content (AvgIpc) is 3.39. The Morgan fingerprint density at radius 2 is 1.92 bits per heavy atom. The number of anilines is 1. The number of halogens is 1. The summed E-state index contributed by atoms with van der Waals surface area (Å²) >= 11 is 6.61. The number of hydrogen-bond donors (Lipinski definition) is 1. The summed E-state index contributed by atoms with van der Waals surface area (Å²) in [6.07, 6.45) is 4.77. The number of aliphatic hydroxyl groups is 1. The molecule has 3 amide bonds. The van der Waals surface area contributed by atoms with Crippen molar-refractivity contribution in [3.8, 4) is 0 Å². The largest absolute Gasteiger partial charge is 0.396 e. The number of unbranched alkanes of at least 4 members (excludes halogenated alkanes) is 1. The number of rotatable bonds is 11. The zero-order valence-corrected chi connectivity index (χ0v) is 24.1. The molecule has 3 aliphatic rings. The predicted molar refractivity (Wildman–Crippen MR) is 151 cm³/mol. The van der Waals surface area contributed by atoms with E-state index in [1.807, 2.05) is 32.9 Å². The van der Waals surface area contributed by atoms with Gasteiger partial charge in [-0.2, -0.15) is 0 Å². The SMILES string of the molecule is C=CCN(C)C(=O)[C@@H]1[C@H]2C(=O)N(CCCCO)C(C(=O)N(CC=C)c3c(C)cccc3Cl)C23CC(C)[C@@]1(C)O3. The van der Waals surface area contributed by atoms with E-state index < -0.39 is 29.1 Å². The molecule has 1 spiro atoms. The monoisotopic (exact) mass is 557 g/mol. The first kappa shape index (κ1) is 29.3. The van der Waals surface area contributed by atoms with Crippen LogP contribution < -0.4 is 4.90 Å². The summed E-state index contributed by atoms with van der Waals surface area (Å²) < 4.78 is 6.82.